The molecule has 1 aliphatic rings. The standard InChI is InChI=1S/C17H18ClN3O/c1-11-6-12(4-5-22-11)10-20-17-7-13(9-19)15-8-14(18)2-3-16(15)21-17/h2-3,7-8,11-12H,4-6,10H2,1H3,(H,20,21)/t11-,12+/m0/s1. The molecule has 1 saturated heterocycles. The second kappa shape index (κ2) is 6.51. The summed E-state index contributed by atoms with van der Waals surface area (Å²) in [4.78, 5) is 4.58. The van der Waals surface area contributed by atoms with Crippen LogP contribution in [0.25, 0.3) is 10.9 Å². The normalized spacial score (nSPS) is 21.5. The van der Waals surface area contributed by atoms with Gasteiger partial charge in [-0.2, -0.15) is 5.26 Å². The van der Waals surface area contributed by atoms with Crippen molar-refractivity contribution >= 4 is 28.3 Å². The lowest BCUT2D eigenvalue weighted by molar-refractivity contribution is 0.00557. The molecule has 1 aliphatic heterocycles. The molecule has 0 amide bonds. The van der Waals surface area contributed by atoms with Crippen LogP contribution in [-0.2, 0) is 4.74 Å². The highest BCUT2D eigenvalue weighted by Crippen LogP contribution is 2.25. The van der Waals surface area contributed by atoms with Crippen LogP contribution in [0.2, 0.25) is 5.02 Å². The van der Waals surface area contributed by atoms with Crippen LogP contribution in [0, 0.1) is 17.2 Å². The van der Waals surface area contributed by atoms with E-state index in [1.807, 2.05) is 6.07 Å². The molecule has 0 saturated carbocycles. The fourth-order valence-electron chi connectivity index (χ4n) is 2.91. The predicted molar refractivity (Wildman–Crippen MR) is 88.1 cm³/mol. The maximum absolute atomic E-state index is 9.34. The Balaban J connectivity index is 1.79. The van der Waals surface area contributed by atoms with E-state index in [-0.39, 0.29) is 0 Å². The number of halogens is 1. The SMILES string of the molecule is C[C@H]1C[C@H](CNc2cc(C#N)c3cc(Cl)ccc3n2)CCO1. The van der Waals surface area contributed by atoms with E-state index < -0.39 is 0 Å². The van der Waals surface area contributed by atoms with Gasteiger partial charge < -0.3 is 10.1 Å². The summed E-state index contributed by atoms with van der Waals surface area (Å²) in [5, 5.41) is 14.1. The van der Waals surface area contributed by atoms with Gasteiger partial charge in [-0.25, -0.2) is 4.98 Å². The Hall–Kier alpha value is -1.83. The molecule has 22 heavy (non-hydrogen) atoms. The third-order valence-corrected chi connectivity index (χ3v) is 4.29. The summed E-state index contributed by atoms with van der Waals surface area (Å²) in [6.45, 7) is 3.78. The zero-order valence-electron chi connectivity index (χ0n) is 12.5. The molecule has 2 aromatic rings. The van der Waals surface area contributed by atoms with Crippen molar-refractivity contribution in [1.82, 2.24) is 4.98 Å². The Labute approximate surface area is 135 Å². The molecule has 4 nitrogen and oxygen atoms in total. The van der Waals surface area contributed by atoms with Crippen molar-refractivity contribution in [2.24, 2.45) is 5.92 Å². The average Bonchev–Trinajstić information content (AvgIpc) is 2.52. The molecule has 1 N–H and O–H groups in total. The number of benzene rings is 1. The highest BCUT2D eigenvalue weighted by molar-refractivity contribution is 6.31. The smallest absolute Gasteiger partial charge is 0.127 e. The van der Waals surface area contributed by atoms with Gasteiger partial charge in [0.05, 0.1) is 23.3 Å². The zero-order chi connectivity index (χ0) is 15.5. The van der Waals surface area contributed by atoms with Crippen molar-refractivity contribution in [3.05, 3.63) is 34.9 Å². The Morgan fingerprint density at radius 2 is 2.32 bits per heavy atom. The summed E-state index contributed by atoms with van der Waals surface area (Å²) in [6.07, 6.45) is 2.44. The first-order valence-electron chi connectivity index (χ1n) is 7.51. The van der Waals surface area contributed by atoms with Gasteiger partial charge in [-0.05, 0) is 49.9 Å². The molecule has 0 aliphatic carbocycles. The van der Waals surface area contributed by atoms with Gasteiger partial charge in [0.15, 0.2) is 0 Å². The molecule has 2 heterocycles. The van der Waals surface area contributed by atoms with Gasteiger partial charge in [-0.3, -0.25) is 0 Å². The molecule has 5 heteroatoms. The molecule has 1 aromatic heterocycles. The lowest BCUT2D eigenvalue weighted by atomic mass is 9.96. The number of nitrogens with one attached hydrogen (secondary N) is 1. The molecule has 2 atom stereocenters. The number of nitriles is 1. The van der Waals surface area contributed by atoms with Crippen molar-refractivity contribution in [2.75, 3.05) is 18.5 Å². The van der Waals surface area contributed by atoms with Crippen molar-refractivity contribution in [2.45, 2.75) is 25.9 Å². The minimum Gasteiger partial charge on any atom is -0.378 e. The van der Waals surface area contributed by atoms with E-state index in [9.17, 15) is 5.26 Å². The molecule has 114 valence electrons. The number of anilines is 1. The molecule has 3 rings (SSSR count). The van der Waals surface area contributed by atoms with Crippen molar-refractivity contribution in [3.8, 4) is 6.07 Å². The molecule has 0 radical (unpaired) electrons. The van der Waals surface area contributed by atoms with E-state index in [1.165, 1.54) is 0 Å². The van der Waals surface area contributed by atoms with Gasteiger partial charge in [0.1, 0.15) is 5.82 Å². The van der Waals surface area contributed by atoms with Crippen LogP contribution in [0.3, 0.4) is 0 Å². The lowest BCUT2D eigenvalue weighted by Gasteiger charge is -2.27. The summed E-state index contributed by atoms with van der Waals surface area (Å²) >= 11 is 6.00. The molecular weight excluding hydrogens is 298 g/mol. The van der Waals surface area contributed by atoms with Gasteiger partial charge in [-0.15, -0.1) is 0 Å². The number of ether oxygens (including phenoxy) is 1. The third-order valence-electron chi connectivity index (χ3n) is 4.06. The Morgan fingerprint density at radius 3 is 3.09 bits per heavy atom. The number of pyridine rings is 1. The summed E-state index contributed by atoms with van der Waals surface area (Å²) < 4.78 is 5.57. The molecule has 0 spiro atoms. The van der Waals surface area contributed by atoms with Crippen LogP contribution in [0.15, 0.2) is 24.3 Å². The van der Waals surface area contributed by atoms with Crippen molar-refractivity contribution in [1.29, 1.82) is 5.26 Å². The highest BCUT2D eigenvalue weighted by Gasteiger charge is 2.19. The Kier molecular flexibility index (Phi) is 4.47. The first-order valence-corrected chi connectivity index (χ1v) is 7.89. The van der Waals surface area contributed by atoms with Crippen LogP contribution in [0.1, 0.15) is 25.3 Å². The second-order valence-electron chi connectivity index (χ2n) is 5.78. The van der Waals surface area contributed by atoms with Crippen LogP contribution >= 0.6 is 11.6 Å². The van der Waals surface area contributed by atoms with Gasteiger partial charge >= 0.3 is 0 Å². The Bertz CT molecular complexity index is 726. The van der Waals surface area contributed by atoms with Crippen molar-refractivity contribution in [3.63, 3.8) is 0 Å². The number of aromatic nitrogens is 1. The fraction of sp³-hybridized carbons (Fsp3) is 0.412. The van der Waals surface area contributed by atoms with Gasteiger partial charge in [0.25, 0.3) is 0 Å². The fourth-order valence-corrected chi connectivity index (χ4v) is 3.08. The minimum atomic E-state index is 0.321. The molecule has 1 fully saturated rings. The number of fused-ring (bicyclic) bond motifs is 1. The highest BCUT2D eigenvalue weighted by atomic mass is 35.5. The summed E-state index contributed by atoms with van der Waals surface area (Å²) in [5.74, 6) is 1.32. The van der Waals surface area contributed by atoms with Crippen LogP contribution in [-0.4, -0.2) is 24.2 Å². The van der Waals surface area contributed by atoms with E-state index in [0.717, 1.165) is 42.7 Å². The number of hydrogen-bond acceptors (Lipinski definition) is 4. The number of hydrogen-bond donors (Lipinski definition) is 1. The van der Waals surface area contributed by atoms with E-state index in [1.54, 1.807) is 18.2 Å². The van der Waals surface area contributed by atoms with Gasteiger partial charge in [-0.1, -0.05) is 11.6 Å². The Morgan fingerprint density at radius 1 is 1.45 bits per heavy atom. The molecule has 0 unspecified atom stereocenters. The number of rotatable bonds is 3. The average molecular weight is 316 g/mol. The first-order chi connectivity index (χ1) is 10.7. The summed E-state index contributed by atoms with van der Waals surface area (Å²) in [6, 6.07) is 9.44. The van der Waals surface area contributed by atoms with Gasteiger partial charge in [0, 0.05) is 23.6 Å². The number of nitrogens with zero attached hydrogens (tertiary/aromatic N) is 2. The maximum atomic E-state index is 9.34. The van der Waals surface area contributed by atoms with Gasteiger partial charge in [0.2, 0.25) is 0 Å². The van der Waals surface area contributed by atoms with E-state index in [0.29, 0.717) is 22.6 Å². The topological polar surface area (TPSA) is 57.9 Å². The minimum absolute atomic E-state index is 0.321. The molecular formula is C17H18ClN3O. The summed E-state index contributed by atoms with van der Waals surface area (Å²) in [7, 11) is 0. The maximum Gasteiger partial charge on any atom is 0.127 e. The van der Waals surface area contributed by atoms with E-state index >= 15 is 0 Å². The predicted octanol–water partition coefficient (Wildman–Crippen LogP) is 3.99. The third kappa shape index (κ3) is 3.32. The summed E-state index contributed by atoms with van der Waals surface area (Å²) in [5.41, 5.74) is 1.38. The van der Waals surface area contributed by atoms with Crippen molar-refractivity contribution < 1.29 is 4.74 Å². The zero-order valence-corrected chi connectivity index (χ0v) is 13.2. The van der Waals surface area contributed by atoms with Crippen LogP contribution in [0.5, 0.6) is 0 Å². The van der Waals surface area contributed by atoms with Crippen LogP contribution in [0.4, 0.5) is 5.82 Å². The largest absolute Gasteiger partial charge is 0.378 e. The lowest BCUT2D eigenvalue weighted by Crippen LogP contribution is -2.27. The first kappa shape index (κ1) is 15.1. The second-order valence-corrected chi connectivity index (χ2v) is 6.22. The monoisotopic (exact) mass is 315 g/mol. The van der Waals surface area contributed by atoms with E-state index in [4.69, 9.17) is 16.3 Å². The molecule has 0 bridgehead atoms. The van der Waals surface area contributed by atoms with E-state index in [2.05, 4.69) is 23.3 Å². The molecule has 1 aromatic carbocycles. The van der Waals surface area contributed by atoms with Crippen LogP contribution < -0.4 is 5.32 Å². The quantitative estimate of drug-likeness (QED) is 0.930.